The highest BCUT2D eigenvalue weighted by Gasteiger charge is 2.26. The number of hydrogen-bond donors (Lipinski definition) is 1. The zero-order chi connectivity index (χ0) is 10.8. The Balaban J connectivity index is 2.96. The summed E-state index contributed by atoms with van der Waals surface area (Å²) in [5.74, 6) is -0.0448. The van der Waals surface area contributed by atoms with Gasteiger partial charge >= 0.3 is 0 Å². The molecule has 0 aliphatic heterocycles. The van der Waals surface area contributed by atoms with E-state index in [1.165, 1.54) is 0 Å². The molecule has 0 aliphatic carbocycles. The van der Waals surface area contributed by atoms with E-state index in [0.29, 0.717) is 17.0 Å². The van der Waals surface area contributed by atoms with Crippen molar-refractivity contribution in [2.24, 2.45) is 5.73 Å². The molecule has 76 valence electrons. The molecule has 0 fully saturated rings. The first-order valence-electron chi connectivity index (χ1n) is 4.56. The van der Waals surface area contributed by atoms with Crippen LogP contribution >= 0.6 is 11.6 Å². The third-order valence-electron chi connectivity index (χ3n) is 2.36. The molecule has 0 saturated carbocycles. The zero-order valence-corrected chi connectivity index (χ0v) is 9.14. The molecule has 1 atom stereocenters. The maximum Gasteiger partial charge on any atom is 0.182 e. The fourth-order valence-corrected chi connectivity index (χ4v) is 1.22. The zero-order valence-electron chi connectivity index (χ0n) is 8.38. The standard InChI is InChI=1S/C11H14ClNO/c1-3-11(2,13)10(14)8-4-6-9(12)7-5-8/h4-7H,3,13H2,1-2H3. The predicted molar refractivity (Wildman–Crippen MR) is 58.7 cm³/mol. The van der Waals surface area contributed by atoms with Crippen molar-refractivity contribution in [3.8, 4) is 0 Å². The molecule has 14 heavy (non-hydrogen) atoms. The second-order valence-corrected chi connectivity index (χ2v) is 4.04. The molecule has 3 heteroatoms. The highest BCUT2D eigenvalue weighted by atomic mass is 35.5. The van der Waals surface area contributed by atoms with Gasteiger partial charge in [-0.05, 0) is 37.6 Å². The van der Waals surface area contributed by atoms with Crippen LogP contribution < -0.4 is 5.73 Å². The molecule has 0 aromatic heterocycles. The van der Waals surface area contributed by atoms with Crippen LogP contribution in [-0.2, 0) is 0 Å². The SMILES string of the molecule is CCC(C)(N)C(=O)c1ccc(Cl)cc1. The van der Waals surface area contributed by atoms with Gasteiger partial charge in [0.25, 0.3) is 0 Å². The Hall–Kier alpha value is -0.860. The van der Waals surface area contributed by atoms with Crippen molar-refractivity contribution in [1.82, 2.24) is 0 Å². The molecule has 0 saturated heterocycles. The molecule has 0 spiro atoms. The van der Waals surface area contributed by atoms with Gasteiger partial charge in [-0.15, -0.1) is 0 Å². The Morgan fingerprint density at radius 2 is 1.93 bits per heavy atom. The quantitative estimate of drug-likeness (QED) is 0.782. The minimum atomic E-state index is -0.784. The largest absolute Gasteiger partial charge is 0.319 e. The molecule has 2 nitrogen and oxygen atoms in total. The normalized spacial score (nSPS) is 14.9. The first-order chi connectivity index (χ1) is 6.47. The number of ketones is 1. The van der Waals surface area contributed by atoms with Crippen LogP contribution in [0.15, 0.2) is 24.3 Å². The van der Waals surface area contributed by atoms with Crippen LogP contribution in [0.1, 0.15) is 30.6 Å². The first-order valence-corrected chi connectivity index (χ1v) is 4.94. The highest BCUT2D eigenvalue weighted by molar-refractivity contribution is 6.30. The molecule has 0 bridgehead atoms. The minimum Gasteiger partial charge on any atom is -0.319 e. The molecule has 0 aliphatic rings. The molecule has 1 aromatic carbocycles. The highest BCUT2D eigenvalue weighted by Crippen LogP contribution is 2.16. The monoisotopic (exact) mass is 211 g/mol. The molecule has 1 unspecified atom stereocenters. The fraction of sp³-hybridized carbons (Fsp3) is 0.364. The number of rotatable bonds is 3. The van der Waals surface area contributed by atoms with Gasteiger partial charge in [-0.3, -0.25) is 4.79 Å². The van der Waals surface area contributed by atoms with Gasteiger partial charge in [-0.2, -0.15) is 0 Å². The molecule has 2 N–H and O–H groups in total. The van der Waals surface area contributed by atoms with E-state index >= 15 is 0 Å². The smallest absolute Gasteiger partial charge is 0.182 e. The molecular weight excluding hydrogens is 198 g/mol. The average Bonchev–Trinajstić information content (AvgIpc) is 2.18. The lowest BCUT2D eigenvalue weighted by molar-refractivity contribution is 0.0898. The summed E-state index contributed by atoms with van der Waals surface area (Å²) in [6.07, 6.45) is 0.620. The lowest BCUT2D eigenvalue weighted by Crippen LogP contribution is -2.44. The third-order valence-corrected chi connectivity index (χ3v) is 2.61. The average molecular weight is 212 g/mol. The van der Waals surface area contributed by atoms with Crippen molar-refractivity contribution in [3.05, 3.63) is 34.9 Å². The molecule has 0 amide bonds. The summed E-state index contributed by atoms with van der Waals surface area (Å²) >= 11 is 5.72. The van der Waals surface area contributed by atoms with Crippen molar-refractivity contribution in [2.45, 2.75) is 25.8 Å². The lowest BCUT2D eigenvalue weighted by Gasteiger charge is -2.20. The fourth-order valence-electron chi connectivity index (χ4n) is 1.09. The summed E-state index contributed by atoms with van der Waals surface area (Å²) in [6.45, 7) is 3.64. The van der Waals surface area contributed by atoms with Gasteiger partial charge in [-0.1, -0.05) is 18.5 Å². The number of halogens is 1. The lowest BCUT2D eigenvalue weighted by atomic mass is 9.90. The summed E-state index contributed by atoms with van der Waals surface area (Å²) < 4.78 is 0. The Morgan fingerprint density at radius 3 is 2.36 bits per heavy atom. The Kier molecular flexibility index (Phi) is 3.29. The van der Waals surface area contributed by atoms with Crippen molar-refractivity contribution < 1.29 is 4.79 Å². The Bertz CT molecular complexity index is 330. The number of hydrogen-bond acceptors (Lipinski definition) is 2. The molecule has 0 radical (unpaired) electrons. The summed E-state index contributed by atoms with van der Waals surface area (Å²) in [7, 11) is 0. The van der Waals surface area contributed by atoms with Crippen molar-refractivity contribution in [1.29, 1.82) is 0 Å². The van der Waals surface area contributed by atoms with Crippen LogP contribution in [0.25, 0.3) is 0 Å². The van der Waals surface area contributed by atoms with Gasteiger partial charge in [0, 0.05) is 10.6 Å². The van der Waals surface area contributed by atoms with Gasteiger partial charge in [0.1, 0.15) is 0 Å². The second-order valence-electron chi connectivity index (χ2n) is 3.61. The van der Waals surface area contributed by atoms with E-state index in [1.54, 1.807) is 31.2 Å². The first kappa shape index (κ1) is 11.2. The van der Waals surface area contributed by atoms with Gasteiger partial charge in [0.15, 0.2) is 5.78 Å². The van der Waals surface area contributed by atoms with E-state index in [-0.39, 0.29) is 5.78 Å². The number of carbonyl (C=O) groups is 1. The van der Waals surface area contributed by atoms with Crippen LogP contribution in [-0.4, -0.2) is 11.3 Å². The van der Waals surface area contributed by atoms with Gasteiger partial charge in [-0.25, -0.2) is 0 Å². The maximum absolute atomic E-state index is 11.8. The molecule has 1 aromatic rings. The summed E-state index contributed by atoms with van der Waals surface area (Å²) in [5.41, 5.74) is 5.68. The van der Waals surface area contributed by atoms with E-state index in [9.17, 15) is 4.79 Å². The topological polar surface area (TPSA) is 43.1 Å². The van der Waals surface area contributed by atoms with E-state index in [1.807, 2.05) is 6.92 Å². The van der Waals surface area contributed by atoms with Crippen LogP contribution in [0.2, 0.25) is 5.02 Å². The van der Waals surface area contributed by atoms with Crippen molar-refractivity contribution in [2.75, 3.05) is 0 Å². The van der Waals surface area contributed by atoms with E-state index < -0.39 is 5.54 Å². The number of nitrogens with two attached hydrogens (primary N) is 1. The number of benzene rings is 1. The van der Waals surface area contributed by atoms with Crippen LogP contribution in [0.4, 0.5) is 0 Å². The van der Waals surface area contributed by atoms with Crippen molar-refractivity contribution >= 4 is 17.4 Å². The van der Waals surface area contributed by atoms with Crippen LogP contribution in [0.5, 0.6) is 0 Å². The van der Waals surface area contributed by atoms with E-state index in [2.05, 4.69) is 0 Å². The minimum absolute atomic E-state index is 0.0448. The summed E-state index contributed by atoms with van der Waals surface area (Å²) in [6, 6.07) is 6.79. The molecule has 0 heterocycles. The van der Waals surface area contributed by atoms with Gasteiger partial charge in [0.2, 0.25) is 0 Å². The Morgan fingerprint density at radius 1 is 1.43 bits per heavy atom. The Labute approximate surface area is 89.1 Å². The van der Waals surface area contributed by atoms with Crippen LogP contribution in [0.3, 0.4) is 0 Å². The van der Waals surface area contributed by atoms with Gasteiger partial charge in [0.05, 0.1) is 5.54 Å². The predicted octanol–water partition coefficient (Wildman–Crippen LogP) is 2.65. The van der Waals surface area contributed by atoms with E-state index in [0.717, 1.165) is 0 Å². The second kappa shape index (κ2) is 4.11. The van der Waals surface area contributed by atoms with Crippen molar-refractivity contribution in [3.63, 3.8) is 0 Å². The maximum atomic E-state index is 11.8. The van der Waals surface area contributed by atoms with Gasteiger partial charge < -0.3 is 5.73 Å². The summed E-state index contributed by atoms with van der Waals surface area (Å²) in [5, 5.41) is 0.622. The number of carbonyl (C=O) groups excluding carboxylic acids is 1. The molecule has 1 rings (SSSR count). The molecular formula is C11H14ClNO. The summed E-state index contributed by atoms with van der Waals surface area (Å²) in [4.78, 5) is 11.8. The number of Topliss-reactive ketones (excluding diaryl/α,β-unsaturated/α-hetero) is 1. The third kappa shape index (κ3) is 2.34. The van der Waals surface area contributed by atoms with Crippen LogP contribution in [0, 0.1) is 0 Å². The van der Waals surface area contributed by atoms with E-state index in [4.69, 9.17) is 17.3 Å².